The third-order valence-corrected chi connectivity index (χ3v) is 2.47. The SMILES string of the molecule is CN(c1ccnc(N)n1)C1CCOC1. The number of likely N-dealkylation sites (N-methyl/N-ethyl adjacent to an activating group) is 1. The molecule has 1 atom stereocenters. The van der Waals surface area contributed by atoms with Gasteiger partial charge in [0.15, 0.2) is 0 Å². The van der Waals surface area contributed by atoms with Crippen LogP contribution < -0.4 is 10.6 Å². The van der Waals surface area contributed by atoms with Crippen LogP contribution in [0.15, 0.2) is 12.3 Å². The first-order chi connectivity index (χ1) is 6.77. The number of hydrogen-bond donors (Lipinski definition) is 1. The molecular formula is C9H14N4O. The minimum Gasteiger partial charge on any atom is -0.379 e. The van der Waals surface area contributed by atoms with Gasteiger partial charge < -0.3 is 15.4 Å². The van der Waals surface area contributed by atoms with Gasteiger partial charge in [0.05, 0.1) is 12.6 Å². The molecule has 1 aliphatic heterocycles. The van der Waals surface area contributed by atoms with Gasteiger partial charge in [0.25, 0.3) is 0 Å². The molecule has 0 radical (unpaired) electrons. The number of ether oxygens (including phenoxy) is 1. The largest absolute Gasteiger partial charge is 0.379 e. The molecule has 2 N–H and O–H groups in total. The lowest BCUT2D eigenvalue weighted by Crippen LogP contribution is -2.32. The Hall–Kier alpha value is -1.36. The van der Waals surface area contributed by atoms with E-state index in [1.54, 1.807) is 6.20 Å². The van der Waals surface area contributed by atoms with E-state index in [1.807, 2.05) is 13.1 Å². The molecule has 0 aromatic carbocycles. The molecule has 76 valence electrons. The van der Waals surface area contributed by atoms with E-state index in [2.05, 4.69) is 14.9 Å². The number of anilines is 2. The zero-order chi connectivity index (χ0) is 9.97. The topological polar surface area (TPSA) is 64.3 Å². The summed E-state index contributed by atoms with van der Waals surface area (Å²) < 4.78 is 5.31. The van der Waals surface area contributed by atoms with Crippen molar-refractivity contribution in [1.29, 1.82) is 0 Å². The Bertz CT molecular complexity index is 311. The summed E-state index contributed by atoms with van der Waals surface area (Å²) in [6.45, 7) is 1.59. The molecule has 0 saturated carbocycles. The van der Waals surface area contributed by atoms with Gasteiger partial charge in [-0.25, -0.2) is 4.98 Å². The van der Waals surface area contributed by atoms with Crippen molar-refractivity contribution in [3.8, 4) is 0 Å². The molecule has 0 aliphatic carbocycles. The molecule has 1 saturated heterocycles. The highest BCUT2D eigenvalue weighted by molar-refractivity contribution is 5.41. The molecule has 0 bridgehead atoms. The summed E-state index contributed by atoms with van der Waals surface area (Å²) >= 11 is 0. The van der Waals surface area contributed by atoms with Gasteiger partial charge in [-0.15, -0.1) is 0 Å². The smallest absolute Gasteiger partial charge is 0.221 e. The average Bonchev–Trinajstić information content (AvgIpc) is 2.69. The zero-order valence-electron chi connectivity index (χ0n) is 8.18. The predicted molar refractivity (Wildman–Crippen MR) is 54.1 cm³/mol. The second kappa shape index (κ2) is 3.79. The molecule has 1 aromatic rings. The van der Waals surface area contributed by atoms with Crippen molar-refractivity contribution in [3.63, 3.8) is 0 Å². The Morgan fingerprint density at radius 1 is 1.64 bits per heavy atom. The van der Waals surface area contributed by atoms with E-state index in [0.717, 1.165) is 25.5 Å². The fourth-order valence-electron chi connectivity index (χ4n) is 1.57. The van der Waals surface area contributed by atoms with Crippen LogP contribution in [0.2, 0.25) is 0 Å². The van der Waals surface area contributed by atoms with Crippen LogP contribution in [0, 0.1) is 0 Å². The molecule has 2 heterocycles. The molecular weight excluding hydrogens is 180 g/mol. The summed E-state index contributed by atoms with van der Waals surface area (Å²) in [5.74, 6) is 1.17. The van der Waals surface area contributed by atoms with Crippen LogP contribution in [-0.4, -0.2) is 36.3 Å². The van der Waals surface area contributed by atoms with E-state index < -0.39 is 0 Å². The Kier molecular flexibility index (Phi) is 2.49. The molecule has 14 heavy (non-hydrogen) atoms. The lowest BCUT2D eigenvalue weighted by molar-refractivity contribution is 0.193. The Balaban J connectivity index is 2.13. The Morgan fingerprint density at radius 2 is 2.50 bits per heavy atom. The van der Waals surface area contributed by atoms with Crippen molar-refractivity contribution in [2.24, 2.45) is 0 Å². The van der Waals surface area contributed by atoms with Crippen LogP contribution in [0.3, 0.4) is 0 Å². The van der Waals surface area contributed by atoms with Crippen LogP contribution >= 0.6 is 0 Å². The molecule has 0 spiro atoms. The molecule has 5 nitrogen and oxygen atoms in total. The van der Waals surface area contributed by atoms with Crippen molar-refractivity contribution in [3.05, 3.63) is 12.3 Å². The average molecular weight is 194 g/mol. The Labute approximate surface area is 82.9 Å². The quantitative estimate of drug-likeness (QED) is 0.732. The summed E-state index contributed by atoms with van der Waals surface area (Å²) in [6, 6.07) is 2.26. The van der Waals surface area contributed by atoms with Gasteiger partial charge in [0.1, 0.15) is 5.82 Å². The third kappa shape index (κ3) is 1.77. The van der Waals surface area contributed by atoms with Crippen molar-refractivity contribution in [1.82, 2.24) is 9.97 Å². The summed E-state index contributed by atoms with van der Waals surface area (Å²) in [4.78, 5) is 10.1. The summed E-state index contributed by atoms with van der Waals surface area (Å²) in [6.07, 6.45) is 2.71. The van der Waals surface area contributed by atoms with Crippen LogP contribution in [0.25, 0.3) is 0 Å². The maximum absolute atomic E-state index is 5.51. The fourth-order valence-corrected chi connectivity index (χ4v) is 1.57. The van der Waals surface area contributed by atoms with Crippen LogP contribution in [0.4, 0.5) is 11.8 Å². The van der Waals surface area contributed by atoms with Gasteiger partial charge in [0.2, 0.25) is 5.95 Å². The number of aromatic nitrogens is 2. The standard InChI is InChI=1S/C9H14N4O/c1-13(7-3-5-14-6-7)8-2-4-11-9(10)12-8/h2,4,7H,3,5-6H2,1H3,(H2,10,11,12). The second-order valence-corrected chi connectivity index (χ2v) is 3.40. The first kappa shape index (κ1) is 9.21. The lowest BCUT2D eigenvalue weighted by atomic mass is 10.2. The zero-order valence-corrected chi connectivity index (χ0v) is 8.18. The molecule has 2 rings (SSSR count). The highest BCUT2D eigenvalue weighted by Gasteiger charge is 2.21. The van der Waals surface area contributed by atoms with Gasteiger partial charge >= 0.3 is 0 Å². The molecule has 1 aliphatic rings. The van der Waals surface area contributed by atoms with Crippen LogP contribution in [-0.2, 0) is 4.74 Å². The molecule has 1 aromatic heterocycles. The normalized spacial score (nSPS) is 21.1. The third-order valence-electron chi connectivity index (χ3n) is 2.47. The maximum atomic E-state index is 5.51. The second-order valence-electron chi connectivity index (χ2n) is 3.40. The summed E-state index contributed by atoms with van der Waals surface area (Å²) in [7, 11) is 2.00. The number of nitrogens with zero attached hydrogens (tertiary/aromatic N) is 3. The van der Waals surface area contributed by atoms with Crippen molar-refractivity contribution in [2.45, 2.75) is 12.5 Å². The molecule has 0 amide bonds. The van der Waals surface area contributed by atoms with Gasteiger partial charge in [-0.05, 0) is 12.5 Å². The maximum Gasteiger partial charge on any atom is 0.221 e. The van der Waals surface area contributed by atoms with E-state index in [9.17, 15) is 0 Å². The molecule has 5 heteroatoms. The minimum atomic E-state index is 0.313. The number of hydrogen-bond acceptors (Lipinski definition) is 5. The number of nitrogen functional groups attached to an aromatic ring is 1. The van der Waals surface area contributed by atoms with Crippen molar-refractivity contribution >= 4 is 11.8 Å². The van der Waals surface area contributed by atoms with Gasteiger partial charge in [-0.3, -0.25) is 0 Å². The Morgan fingerprint density at radius 3 is 3.14 bits per heavy atom. The minimum absolute atomic E-state index is 0.313. The molecule has 1 unspecified atom stereocenters. The van der Waals surface area contributed by atoms with Gasteiger partial charge in [0, 0.05) is 19.9 Å². The monoisotopic (exact) mass is 194 g/mol. The van der Waals surface area contributed by atoms with E-state index in [4.69, 9.17) is 10.5 Å². The predicted octanol–water partition coefficient (Wildman–Crippen LogP) is 0.284. The first-order valence-corrected chi connectivity index (χ1v) is 4.66. The first-order valence-electron chi connectivity index (χ1n) is 4.66. The highest BCUT2D eigenvalue weighted by atomic mass is 16.5. The number of nitrogens with two attached hydrogens (primary N) is 1. The summed E-state index contributed by atoms with van der Waals surface area (Å²) in [5.41, 5.74) is 5.51. The van der Waals surface area contributed by atoms with E-state index in [0.29, 0.717) is 12.0 Å². The van der Waals surface area contributed by atoms with Gasteiger partial charge in [-0.2, -0.15) is 4.98 Å². The fraction of sp³-hybridized carbons (Fsp3) is 0.556. The van der Waals surface area contributed by atoms with Crippen molar-refractivity contribution in [2.75, 3.05) is 30.9 Å². The van der Waals surface area contributed by atoms with Crippen LogP contribution in [0.5, 0.6) is 0 Å². The lowest BCUT2D eigenvalue weighted by Gasteiger charge is -2.23. The van der Waals surface area contributed by atoms with E-state index in [-0.39, 0.29) is 0 Å². The number of rotatable bonds is 2. The summed E-state index contributed by atoms with van der Waals surface area (Å²) in [5, 5.41) is 0. The highest BCUT2D eigenvalue weighted by Crippen LogP contribution is 2.17. The van der Waals surface area contributed by atoms with Crippen LogP contribution in [0.1, 0.15) is 6.42 Å². The van der Waals surface area contributed by atoms with E-state index in [1.165, 1.54) is 0 Å². The van der Waals surface area contributed by atoms with E-state index >= 15 is 0 Å². The molecule has 1 fully saturated rings. The van der Waals surface area contributed by atoms with Gasteiger partial charge in [-0.1, -0.05) is 0 Å². The van der Waals surface area contributed by atoms with Crippen molar-refractivity contribution < 1.29 is 4.74 Å².